The number of hydrogen-bond acceptors (Lipinski definition) is 5. The number of methoxy groups -OCH3 is 1. The highest BCUT2D eigenvalue weighted by molar-refractivity contribution is 7.89. The monoisotopic (exact) mass is 403 g/mol. The van der Waals surface area contributed by atoms with Gasteiger partial charge in [0.15, 0.2) is 5.75 Å². The molecule has 0 N–H and O–H groups in total. The number of carbonyl (C=O) groups excluding carboxylic acids is 1. The lowest BCUT2D eigenvalue weighted by Crippen LogP contribution is -2.23. The summed E-state index contributed by atoms with van der Waals surface area (Å²) in [4.78, 5) is 12.2. The Bertz CT molecular complexity index is 913. The van der Waals surface area contributed by atoms with Crippen molar-refractivity contribution in [3.05, 3.63) is 52.0 Å². The summed E-state index contributed by atoms with van der Waals surface area (Å²) in [6, 6.07) is 8.58. The Hall–Kier alpha value is -1.80. The molecule has 0 amide bonds. The average molecular weight is 404 g/mol. The average Bonchev–Trinajstić information content (AvgIpc) is 2.58. The number of ether oxygens (including phenoxy) is 2. The summed E-state index contributed by atoms with van der Waals surface area (Å²) >= 11 is 11.9. The number of hydrogen-bond donors (Lipinski definition) is 0. The molecule has 2 aromatic rings. The molecule has 0 spiro atoms. The lowest BCUT2D eigenvalue weighted by atomic mass is 10.2. The van der Waals surface area contributed by atoms with Crippen molar-refractivity contribution < 1.29 is 22.7 Å². The Morgan fingerprint density at radius 3 is 2.36 bits per heavy atom. The summed E-state index contributed by atoms with van der Waals surface area (Å²) in [5.74, 6) is -0.583. The van der Waals surface area contributed by atoms with E-state index in [4.69, 9.17) is 32.7 Å². The second kappa shape index (κ2) is 7.61. The third-order valence-corrected chi connectivity index (χ3v) is 5.91. The summed E-state index contributed by atoms with van der Waals surface area (Å²) in [5.41, 5.74) is 0.0252. The zero-order valence-corrected chi connectivity index (χ0v) is 15.9. The van der Waals surface area contributed by atoms with Crippen molar-refractivity contribution in [1.29, 1.82) is 0 Å². The van der Waals surface area contributed by atoms with Gasteiger partial charge in [-0.3, -0.25) is 0 Å². The standard InChI is InChI=1S/C16H15Cl2NO5S/c1-19(2)25(21,22)14-9-10(7-8-12(14)23-3)16(20)24-13-6-4-5-11(17)15(13)18/h4-9H,1-3H3. The quantitative estimate of drug-likeness (QED) is 0.564. The smallest absolute Gasteiger partial charge is 0.343 e. The van der Waals surface area contributed by atoms with Crippen LogP contribution in [0.1, 0.15) is 10.4 Å². The minimum atomic E-state index is -3.81. The van der Waals surface area contributed by atoms with Gasteiger partial charge in [0.1, 0.15) is 15.7 Å². The molecule has 0 heterocycles. The summed E-state index contributed by atoms with van der Waals surface area (Å²) in [5, 5.41) is 0.324. The summed E-state index contributed by atoms with van der Waals surface area (Å²) in [6.07, 6.45) is 0. The lowest BCUT2D eigenvalue weighted by molar-refractivity contribution is 0.0734. The van der Waals surface area contributed by atoms with Crippen molar-refractivity contribution in [2.75, 3.05) is 21.2 Å². The van der Waals surface area contributed by atoms with Crippen molar-refractivity contribution in [1.82, 2.24) is 4.31 Å². The van der Waals surface area contributed by atoms with Crippen molar-refractivity contribution in [3.63, 3.8) is 0 Å². The van der Waals surface area contributed by atoms with Crippen LogP contribution in [0.15, 0.2) is 41.3 Å². The number of esters is 1. The Morgan fingerprint density at radius 2 is 1.76 bits per heavy atom. The van der Waals surface area contributed by atoms with Crippen LogP contribution in [-0.2, 0) is 10.0 Å². The predicted octanol–water partition coefficient (Wildman–Crippen LogP) is 3.47. The van der Waals surface area contributed by atoms with Crippen LogP contribution in [0, 0.1) is 0 Å². The molecule has 134 valence electrons. The SMILES string of the molecule is COc1ccc(C(=O)Oc2cccc(Cl)c2Cl)cc1S(=O)(=O)N(C)C. The van der Waals surface area contributed by atoms with Crippen LogP contribution in [0.25, 0.3) is 0 Å². The van der Waals surface area contributed by atoms with Crippen LogP contribution in [0.4, 0.5) is 0 Å². The molecule has 0 bridgehead atoms. The zero-order valence-electron chi connectivity index (χ0n) is 13.6. The fourth-order valence-electron chi connectivity index (χ4n) is 1.92. The van der Waals surface area contributed by atoms with E-state index in [1.165, 1.54) is 45.5 Å². The fourth-order valence-corrected chi connectivity index (χ4v) is 3.33. The van der Waals surface area contributed by atoms with E-state index in [2.05, 4.69) is 0 Å². The molecule has 0 unspecified atom stereocenters. The first kappa shape index (κ1) is 19.5. The van der Waals surface area contributed by atoms with Gasteiger partial charge < -0.3 is 9.47 Å². The van der Waals surface area contributed by atoms with Crippen molar-refractivity contribution >= 4 is 39.2 Å². The Balaban J connectivity index is 2.43. The molecule has 0 saturated carbocycles. The van der Waals surface area contributed by atoms with Gasteiger partial charge in [0, 0.05) is 14.1 Å². The maximum atomic E-state index is 12.4. The highest BCUT2D eigenvalue weighted by atomic mass is 35.5. The van der Waals surface area contributed by atoms with Gasteiger partial charge in [0.05, 0.1) is 17.7 Å². The molecule has 2 aromatic carbocycles. The lowest BCUT2D eigenvalue weighted by Gasteiger charge is -2.15. The molecule has 6 nitrogen and oxygen atoms in total. The van der Waals surface area contributed by atoms with Gasteiger partial charge in [0.25, 0.3) is 0 Å². The van der Waals surface area contributed by atoms with E-state index in [1.54, 1.807) is 12.1 Å². The molecule has 25 heavy (non-hydrogen) atoms. The third kappa shape index (κ3) is 4.07. The van der Waals surface area contributed by atoms with Gasteiger partial charge in [-0.25, -0.2) is 17.5 Å². The maximum Gasteiger partial charge on any atom is 0.343 e. The first-order valence-electron chi connectivity index (χ1n) is 6.95. The molecule has 0 saturated heterocycles. The van der Waals surface area contributed by atoms with Gasteiger partial charge in [-0.15, -0.1) is 0 Å². The summed E-state index contributed by atoms with van der Waals surface area (Å²) in [6.45, 7) is 0. The highest BCUT2D eigenvalue weighted by Gasteiger charge is 2.24. The van der Waals surface area contributed by atoms with Gasteiger partial charge in [0.2, 0.25) is 10.0 Å². The number of sulfonamides is 1. The molecule has 0 aliphatic rings. The fraction of sp³-hybridized carbons (Fsp3) is 0.188. The molecule has 0 aliphatic carbocycles. The normalized spacial score (nSPS) is 11.4. The number of halogens is 2. The molecule has 9 heteroatoms. The summed E-state index contributed by atoms with van der Waals surface area (Å²) < 4.78 is 36.1. The Morgan fingerprint density at radius 1 is 1.08 bits per heavy atom. The van der Waals surface area contributed by atoms with Crippen LogP contribution in [0.2, 0.25) is 10.0 Å². The molecule has 0 fully saturated rings. The molecule has 0 radical (unpaired) electrons. The van der Waals surface area contributed by atoms with E-state index in [1.807, 2.05) is 0 Å². The third-order valence-electron chi connectivity index (χ3n) is 3.28. The number of carbonyl (C=O) groups is 1. The van der Waals surface area contributed by atoms with Crippen LogP contribution in [-0.4, -0.2) is 39.9 Å². The van der Waals surface area contributed by atoms with Crippen molar-refractivity contribution in [2.45, 2.75) is 4.90 Å². The Kier molecular flexibility index (Phi) is 5.95. The van der Waals surface area contributed by atoms with Gasteiger partial charge >= 0.3 is 5.97 Å². The first-order chi connectivity index (χ1) is 11.7. The minimum Gasteiger partial charge on any atom is -0.495 e. The second-order valence-electron chi connectivity index (χ2n) is 5.09. The molecule has 0 atom stereocenters. The molecule has 2 rings (SSSR count). The van der Waals surface area contributed by atoms with Crippen LogP contribution in [0.5, 0.6) is 11.5 Å². The highest BCUT2D eigenvalue weighted by Crippen LogP contribution is 2.32. The zero-order chi connectivity index (χ0) is 18.8. The van der Waals surface area contributed by atoms with E-state index in [9.17, 15) is 13.2 Å². The number of benzene rings is 2. The van der Waals surface area contributed by atoms with E-state index >= 15 is 0 Å². The van der Waals surface area contributed by atoms with Crippen molar-refractivity contribution in [3.8, 4) is 11.5 Å². The van der Waals surface area contributed by atoms with Gasteiger partial charge in [-0.1, -0.05) is 29.3 Å². The van der Waals surface area contributed by atoms with Gasteiger partial charge in [-0.2, -0.15) is 0 Å². The molecule has 0 aromatic heterocycles. The maximum absolute atomic E-state index is 12.4. The molecular weight excluding hydrogens is 389 g/mol. The van der Waals surface area contributed by atoms with E-state index in [0.717, 1.165) is 4.31 Å². The number of nitrogens with zero attached hydrogens (tertiary/aromatic N) is 1. The van der Waals surface area contributed by atoms with Crippen LogP contribution in [0.3, 0.4) is 0 Å². The second-order valence-corrected chi connectivity index (χ2v) is 8.00. The van der Waals surface area contributed by atoms with E-state index < -0.39 is 16.0 Å². The van der Waals surface area contributed by atoms with Crippen LogP contribution < -0.4 is 9.47 Å². The van der Waals surface area contributed by atoms with Crippen molar-refractivity contribution in [2.24, 2.45) is 0 Å². The largest absolute Gasteiger partial charge is 0.495 e. The van der Waals surface area contributed by atoms with Gasteiger partial charge in [-0.05, 0) is 30.3 Å². The summed E-state index contributed by atoms with van der Waals surface area (Å²) in [7, 11) is 0.292. The predicted molar refractivity (Wildman–Crippen MR) is 95.3 cm³/mol. The minimum absolute atomic E-state index is 0.0252. The number of rotatable bonds is 5. The topological polar surface area (TPSA) is 72.9 Å². The van der Waals surface area contributed by atoms with E-state index in [0.29, 0.717) is 0 Å². The van der Waals surface area contributed by atoms with E-state index in [-0.39, 0.29) is 32.0 Å². The first-order valence-corrected chi connectivity index (χ1v) is 9.15. The van der Waals surface area contributed by atoms with Crippen LogP contribution >= 0.6 is 23.2 Å². The molecular formula is C16H15Cl2NO5S. The molecule has 0 aliphatic heterocycles. The Labute approximate surface area is 155 Å².